The van der Waals surface area contributed by atoms with E-state index in [0.29, 0.717) is 39.9 Å². The number of para-hydroxylation sites is 1. The third-order valence-corrected chi connectivity index (χ3v) is 5.32. The molecule has 29 heavy (non-hydrogen) atoms. The van der Waals surface area contributed by atoms with Gasteiger partial charge in [0.25, 0.3) is 0 Å². The van der Waals surface area contributed by atoms with Gasteiger partial charge in [0.15, 0.2) is 5.76 Å². The predicted octanol–water partition coefficient (Wildman–Crippen LogP) is 5.29. The second-order valence-corrected chi connectivity index (χ2v) is 7.29. The Morgan fingerprint density at radius 3 is 2.69 bits per heavy atom. The maximum Gasteiger partial charge on any atom is 0.353 e. The van der Waals surface area contributed by atoms with Crippen LogP contribution in [0.2, 0.25) is 0 Å². The van der Waals surface area contributed by atoms with Crippen LogP contribution in [0.1, 0.15) is 38.1 Å². The molecule has 1 aliphatic heterocycles. The molecular formula is C23H18O5S. The Morgan fingerprint density at radius 1 is 1.10 bits per heavy atom. The molecule has 0 saturated heterocycles. The van der Waals surface area contributed by atoms with Crippen molar-refractivity contribution in [1.29, 1.82) is 0 Å². The number of carbonyl (C=O) groups excluding carboxylic acids is 2. The van der Waals surface area contributed by atoms with E-state index >= 15 is 0 Å². The first-order chi connectivity index (χ1) is 14.1. The number of esters is 1. The van der Waals surface area contributed by atoms with Crippen LogP contribution in [0.3, 0.4) is 0 Å². The quantitative estimate of drug-likeness (QED) is 0.327. The number of carbonyl (C=O) groups is 2. The van der Waals surface area contributed by atoms with E-state index in [9.17, 15) is 9.59 Å². The normalized spacial score (nSPS) is 13.9. The molecule has 0 saturated carbocycles. The number of hydrogen-bond donors (Lipinski definition) is 0. The molecule has 0 spiro atoms. The van der Waals surface area contributed by atoms with Crippen LogP contribution in [0.4, 0.5) is 0 Å². The average molecular weight is 406 g/mol. The van der Waals surface area contributed by atoms with Gasteiger partial charge >= 0.3 is 5.97 Å². The molecule has 5 nitrogen and oxygen atoms in total. The van der Waals surface area contributed by atoms with Crippen LogP contribution >= 0.6 is 11.3 Å². The highest BCUT2D eigenvalue weighted by Gasteiger charge is 2.31. The summed E-state index contributed by atoms with van der Waals surface area (Å²) in [5.41, 5.74) is 1.80. The first-order valence-corrected chi connectivity index (χ1v) is 10.0. The lowest BCUT2D eigenvalue weighted by molar-refractivity contribution is 0.0738. The molecule has 3 aromatic rings. The lowest BCUT2D eigenvalue weighted by Gasteiger charge is -2.09. The SMILES string of the molecule is CCOc1ccccc1/C=C1\Oc2c(ccc(OC(=O)c3cccs3)c2C)C1=O. The van der Waals surface area contributed by atoms with E-state index < -0.39 is 5.97 Å². The fourth-order valence-corrected chi connectivity index (χ4v) is 3.65. The summed E-state index contributed by atoms with van der Waals surface area (Å²) < 4.78 is 17.0. The van der Waals surface area contributed by atoms with E-state index in [1.807, 2.05) is 36.6 Å². The van der Waals surface area contributed by atoms with E-state index in [-0.39, 0.29) is 11.5 Å². The van der Waals surface area contributed by atoms with Crippen molar-refractivity contribution in [2.45, 2.75) is 13.8 Å². The number of ketones is 1. The zero-order valence-electron chi connectivity index (χ0n) is 15.9. The second-order valence-electron chi connectivity index (χ2n) is 6.34. The van der Waals surface area contributed by atoms with Gasteiger partial charge in [-0.15, -0.1) is 11.3 Å². The summed E-state index contributed by atoms with van der Waals surface area (Å²) >= 11 is 1.31. The minimum Gasteiger partial charge on any atom is -0.493 e. The summed E-state index contributed by atoms with van der Waals surface area (Å²) in [6.07, 6.45) is 1.67. The van der Waals surface area contributed by atoms with E-state index in [1.165, 1.54) is 11.3 Å². The highest BCUT2D eigenvalue weighted by molar-refractivity contribution is 7.12. The van der Waals surface area contributed by atoms with Crippen molar-refractivity contribution in [3.05, 3.63) is 81.2 Å². The zero-order chi connectivity index (χ0) is 20.4. The summed E-state index contributed by atoms with van der Waals surface area (Å²) in [7, 11) is 0. The highest BCUT2D eigenvalue weighted by atomic mass is 32.1. The number of benzene rings is 2. The fraction of sp³-hybridized carbons (Fsp3) is 0.130. The van der Waals surface area contributed by atoms with Crippen LogP contribution in [0.25, 0.3) is 6.08 Å². The first kappa shape index (κ1) is 19.0. The Bertz CT molecular complexity index is 1110. The Kier molecular flexibility index (Phi) is 5.18. The molecule has 0 bridgehead atoms. The molecule has 0 aliphatic carbocycles. The molecule has 1 aliphatic rings. The fourth-order valence-electron chi connectivity index (χ4n) is 3.05. The van der Waals surface area contributed by atoms with Crippen LogP contribution < -0.4 is 14.2 Å². The Labute approximate surface area is 172 Å². The Hall–Kier alpha value is -3.38. The standard InChI is InChI=1S/C23H18O5S/c1-3-26-18-8-5-4-7-15(18)13-19-21(24)16-10-11-17(14(2)22(16)27-19)28-23(25)20-9-6-12-29-20/h4-13H,3H2,1-2H3/b19-13-. The van der Waals surface area contributed by atoms with Crippen molar-refractivity contribution in [2.75, 3.05) is 6.61 Å². The molecule has 4 rings (SSSR count). The molecule has 2 aromatic carbocycles. The van der Waals surface area contributed by atoms with Crippen molar-refractivity contribution in [3.8, 4) is 17.2 Å². The number of thiophene rings is 1. The van der Waals surface area contributed by atoms with E-state index in [1.54, 1.807) is 37.3 Å². The zero-order valence-corrected chi connectivity index (χ0v) is 16.7. The van der Waals surface area contributed by atoms with Gasteiger partial charge in [0.2, 0.25) is 5.78 Å². The molecule has 6 heteroatoms. The van der Waals surface area contributed by atoms with E-state index in [0.717, 1.165) is 5.56 Å². The van der Waals surface area contributed by atoms with Gasteiger partial charge in [-0.1, -0.05) is 24.3 Å². The smallest absolute Gasteiger partial charge is 0.353 e. The third kappa shape index (κ3) is 3.67. The van der Waals surface area contributed by atoms with Crippen molar-refractivity contribution >= 4 is 29.2 Å². The largest absolute Gasteiger partial charge is 0.493 e. The molecule has 1 aromatic heterocycles. The molecule has 0 unspecified atom stereocenters. The Morgan fingerprint density at radius 2 is 1.93 bits per heavy atom. The number of Topliss-reactive ketones (excluding diaryl/α,β-unsaturated/α-hetero) is 1. The average Bonchev–Trinajstić information content (AvgIpc) is 3.36. The van der Waals surface area contributed by atoms with Gasteiger partial charge in [-0.05, 0) is 49.6 Å². The van der Waals surface area contributed by atoms with Crippen LogP contribution in [0.15, 0.2) is 59.7 Å². The topological polar surface area (TPSA) is 61.8 Å². The van der Waals surface area contributed by atoms with Crippen molar-refractivity contribution in [3.63, 3.8) is 0 Å². The van der Waals surface area contributed by atoms with Crippen LogP contribution in [0, 0.1) is 6.92 Å². The van der Waals surface area contributed by atoms with Gasteiger partial charge in [0, 0.05) is 11.1 Å². The van der Waals surface area contributed by atoms with E-state index in [2.05, 4.69) is 0 Å². The van der Waals surface area contributed by atoms with Gasteiger partial charge in [-0.2, -0.15) is 0 Å². The number of allylic oxidation sites excluding steroid dienone is 1. The van der Waals surface area contributed by atoms with Crippen molar-refractivity contribution in [2.24, 2.45) is 0 Å². The van der Waals surface area contributed by atoms with Gasteiger partial charge in [-0.3, -0.25) is 4.79 Å². The summed E-state index contributed by atoms with van der Waals surface area (Å²) in [4.78, 5) is 25.6. The maximum atomic E-state index is 12.8. The molecule has 2 heterocycles. The van der Waals surface area contributed by atoms with Gasteiger partial charge in [-0.25, -0.2) is 4.79 Å². The lowest BCUT2D eigenvalue weighted by atomic mass is 10.1. The van der Waals surface area contributed by atoms with Crippen LogP contribution in [-0.2, 0) is 0 Å². The van der Waals surface area contributed by atoms with Gasteiger partial charge < -0.3 is 14.2 Å². The minimum atomic E-state index is -0.436. The predicted molar refractivity (Wildman–Crippen MR) is 111 cm³/mol. The molecule has 0 N–H and O–H groups in total. The number of hydrogen-bond acceptors (Lipinski definition) is 6. The summed E-state index contributed by atoms with van der Waals surface area (Å²) in [6, 6.07) is 14.2. The third-order valence-electron chi connectivity index (χ3n) is 4.47. The lowest BCUT2D eigenvalue weighted by Crippen LogP contribution is -2.07. The van der Waals surface area contributed by atoms with Gasteiger partial charge in [0.05, 0.1) is 12.2 Å². The van der Waals surface area contributed by atoms with Gasteiger partial charge in [0.1, 0.15) is 22.1 Å². The number of rotatable bonds is 5. The summed E-state index contributed by atoms with van der Waals surface area (Å²) in [5.74, 6) is 1.01. The molecule has 0 atom stereocenters. The highest BCUT2D eigenvalue weighted by Crippen LogP contribution is 2.40. The van der Waals surface area contributed by atoms with Crippen LogP contribution in [-0.4, -0.2) is 18.4 Å². The monoisotopic (exact) mass is 406 g/mol. The number of ether oxygens (including phenoxy) is 3. The first-order valence-electron chi connectivity index (χ1n) is 9.14. The summed E-state index contributed by atoms with van der Waals surface area (Å²) in [6.45, 7) is 4.19. The van der Waals surface area contributed by atoms with E-state index in [4.69, 9.17) is 14.2 Å². The maximum absolute atomic E-state index is 12.8. The Balaban J connectivity index is 1.63. The number of fused-ring (bicyclic) bond motifs is 1. The van der Waals surface area contributed by atoms with Crippen molar-refractivity contribution in [1.82, 2.24) is 0 Å². The molecular weight excluding hydrogens is 388 g/mol. The molecule has 0 fully saturated rings. The van der Waals surface area contributed by atoms with Crippen LogP contribution in [0.5, 0.6) is 17.2 Å². The summed E-state index contributed by atoms with van der Waals surface area (Å²) in [5, 5.41) is 1.81. The second kappa shape index (κ2) is 7.93. The molecule has 0 radical (unpaired) electrons. The van der Waals surface area contributed by atoms with Crippen molar-refractivity contribution < 1.29 is 23.8 Å². The molecule has 146 valence electrons. The minimum absolute atomic E-state index is 0.206. The molecule has 0 amide bonds.